The van der Waals surface area contributed by atoms with Crippen molar-refractivity contribution < 1.29 is 22.7 Å². The summed E-state index contributed by atoms with van der Waals surface area (Å²) in [6, 6.07) is 13.8. The number of rotatable bonds is 7. The Kier molecular flexibility index (Phi) is 7.30. The van der Waals surface area contributed by atoms with Crippen molar-refractivity contribution in [2.45, 2.75) is 18.2 Å². The number of thiophene rings is 1. The summed E-state index contributed by atoms with van der Waals surface area (Å²) in [6.45, 7) is 3.57. The number of carbonyl (C=O) groups excluding carboxylic acids is 2. The van der Waals surface area contributed by atoms with E-state index in [0.29, 0.717) is 43.2 Å². The van der Waals surface area contributed by atoms with Gasteiger partial charge in [0, 0.05) is 31.1 Å². The van der Waals surface area contributed by atoms with E-state index in [-0.39, 0.29) is 23.1 Å². The van der Waals surface area contributed by atoms with E-state index in [1.807, 2.05) is 18.2 Å². The maximum absolute atomic E-state index is 13.0. The molecule has 2 heterocycles. The maximum atomic E-state index is 13.0. The van der Waals surface area contributed by atoms with Gasteiger partial charge in [-0.1, -0.05) is 24.3 Å². The minimum atomic E-state index is -3.83. The molecule has 1 aliphatic heterocycles. The van der Waals surface area contributed by atoms with Crippen LogP contribution in [0.2, 0.25) is 0 Å². The number of ether oxygens (including phenoxy) is 1. The molecule has 3 aromatic rings. The molecule has 0 spiro atoms. The van der Waals surface area contributed by atoms with Gasteiger partial charge < -0.3 is 15.0 Å². The number of hydrogen-bond acceptors (Lipinski definition) is 6. The van der Waals surface area contributed by atoms with Crippen LogP contribution in [0.25, 0.3) is 11.1 Å². The zero-order valence-corrected chi connectivity index (χ0v) is 20.2. The second-order valence-electron chi connectivity index (χ2n) is 7.87. The predicted octanol–water partition coefficient (Wildman–Crippen LogP) is 3.58. The smallest absolute Gasteiger partial charge is 0.261 e. The summed E-state index contributed by atoms with van der Waals surface area (Å²) < 4.78 is 33.9. The third kappa shape index (κ3) is 5.82. The lowest BCUT2D eigenvalue weighted by Gasteiger charge is -2.26. The van der Waals surface area contributed by atoms with Crippen molar-refractivity contribution in [3.63, 3.8) is 0 Å². The van der Waals surface area contributed by atoms with E-state index in [2.05, 4.69) is 10.0 Å². The van der Waals surface area contributed by atoms with Crippen molar-refractivity contribution >= 4 is 44.5 Å². The minimum Gasteiger partial charge on any atom is -0.378 e. The van der Waals surface area contributed by atoms with E-state index in [4.69, 9.17) is 4.74 Å². The summed E-state index contributed by atoms with van der Waals surface area (Å²) in [7, 11) is -3.83. The first-order valence-electron chi connectivity index (χ1n) is 10.7. The van der Waals surface area contributed by atoms with Crippen molar-refractivity contribution in [1.29, 1.82) is 0 Å². The van der Waals surface area contributed by atoms with Crippen LogP contribution in [-0.2, 0) is 30.8 Å². The first-order chi connectivity index (χ1) is 16.3. The zero-order valence-electron chi connectivity index (χ0n) is 18.6. The number of morpholine rings is 1. The Labute approximate surface area is 202 Å². The van der Waals surface area contributed by atoms with E-state index in [9.17, 15) is 18.0 Å². The second kappa shape index (κ2) is 10.4. The van der Waals surface area contributed by atoms with Crippen molar-refractivity contribution in [3.8, 4) is 11.1 Å². The van der Waals surface area contributed by atoms with Gasteiger partial charge in [-0.25, -0.2) is 8.42 Å². The number of nitrogens with one attached hydrogen (secondary N) is 2. The largest absolute Gasteiger partial charge is 0.378 e. The molecule has 8 nitrogen and oxygen atoms in total. The summed E-state index contributed by atoms with van der Waals surface area (Å²) in [4.78, 5) is 25.7. The van der Waals surface area contributed by atoms with E-state index < -0.39 is 10.0 Å². The average molecular weight is 500 g/mol. The van der Waals surface area contributed by atoms with Gasteiger partial charge in [0.2, 0.25) is 11.8 Å². The van der Waals surface area contributed by atoms with Crippen LogP contribution >= 0.6 is 11.3 Å². The Morgan fingerprint density at radius 3 is 2.47 bits per heavy atom. The van der Waals surface area contributed by atoms with Gasteiger partial charge in [0.25, 0.3) is 10.0 Å². The predicted molar refractivity (Wildman–Crippen MR) is 132 cm³/mol. The molecule has 10 heteroatoms. The molecule has 0 aliphatic carbocycles. The van der Waals surface area contributed by atoms with Crippen LogP contribution in [0, 0.1) is 0 Å². The molecule has 0 saturated carbocycles. The van der Waals surface area contributed by atoms with Crippen LogP contribution in [0.4, 0.5) is 11.4 Å². The summed E-state index contributed by atoms with van der Waals surface area (Å²) in [6.07, 6.45) is 0.130. The molecule has 0 atom stereocenters. The first-order valence-corrected chi connectivity index (χ1v) is 13.2. The molecule has 1 saturated heterocycles. The van der Waals surface area contributed by atoms with E-state index in [1.54, 1.807) is 33.9 Å². The number of sulfonamides is 1. The van der Waals surface area contributed by atoms with E-state index in [0.717, 1.165) is 11.1 Å². The summed E-state index contributed by atoms with van der Waals surface area (Å²) >= 11 is 1.34. The number of amides is 2. The SMILES string of the molecule is CC(=O)Nc1cccc(-c2ccc(S(=O)(=O)Nc3cscc3CC(=O)N3CCOCC3)cc2)c1. The zero-order chi connectivity index (χ0) is 24.1. The number of nitrogens with zero attached hydrogens (tertiary/aromatic N) is 1. The molecule has 0 bridgehead atoms. The summed E-state index contributed by atoms with van der Waals surface area (Å²) in [5.41, 5.74) is 3.40. The minimum absolute atomic E-state index is 0.0482. The fourth-order valence-corrected chi connectivity index (χ4v) is 5.60. The Balaban J connectivity index is 1.47. The lowest BCUT2D eigenvalue weighted by atomic mass is 10.1. The fraction of sp³-hybridized carbons (Fsp3) is 0.250. The third-order valence-electron chi connectivity index (χ3n) is 5.37. The number of benzene rings is 2. The topological polar surface area (TPSA) is 105 Å². The Bertz CT molecular complexity index is 1280. The fourth-order valence-electron chi connectivity index (χ4n) is 3.65. The highest BCUT2D eigenvalue weighted by Crippen LogP contribution is 2.27. The molecule has 2 aromatic carbocycles. The van der Waals surface area contributed by atoms with Gasteiger partial charge >= 0.3 is 0 Å². The van der Waals surface area contributed by atoms with Gasteiger partial charge in [-0.05, 0) is 46.3 Å². The molecular formula is C24H25N3O5S2. The van der Waals surface area contributed by atoms with Crippen LogP contribution < -0.4 is 10.0 Å². The molecule has 2 amide bonds. The van der Waals surface area contributed by atoms with Crippen LogP contribution in [0.15, 0.2) is 64.2 Å². The quantitative estimate of drug-likeness (QED) is 0.517. The molecular weight excluding hydrogens is 474 g/mol. The molecule has 1 aliphatic rings. The highest BCUT2D eigenvalue weighted by Gasteiger charge is 2.21. The lowest BCUT2D eigenvalue weighted by molar-refractivity contribution is -0.134. The highest BCUT2D eigenvalue weighted by molar-refractivity contribution is 7.92. The average Bonchev–Trinajstić information content (AvgIpc) is 3.25. The lowest BCUT2D eigenvalue weighted by Crippen LogP contribution is -2.41. The van der Waals surface area contributed by atoms with E-state index >= 15 is 0 Å². The van der Waals surface area contributed by atoms with Gasteiger partial charge in [0.15, 0.2) is 0 Å². The summed E-state index contributed by atoms with van der Waals surface area (Å²) in [5, 5.41) is 6.23. The molecule has 4 rings (SSSR count). The standard InChI is InChI=1S/C24H25N3O5S2/c1-17(28)25-21-4-2-3-19(13-21)18-5-7-22(8-6-18)34(30,31)26-23-16-33-15-20(23)14-24(29)27-9-11-32-12-10-27/h2-8,13,15-16,26H,9-12,14H2,1H3,(H,25,28). The molecule has 2 N–H and O–H groups in total. The molecule has 178 valence electrons. The monoisotopic (exact) mass is 499 g/mol. The van der Waals surface area contributed by atoms with Gasteiger partial charge in [-0.15, -0.1) is 11.3 Å². The summed E-state index contributed by atoms with van der Waals surface area (Å²) in [5.74, 6) is -0.211. The van der Waals surface area contributed by atoms with E-state index in [1.165, 1.54) is 30.4 Å². The third-order valence-corrected chi connectivity index (χ3v) is 7.55. The Hall–Kier alpha value is -3.21. The highest BCUT2D eigenvalue weighted by atomic mass is 32.2. The molecule has 0 radical (unpaired) electrons. The maximum Gasteiger partial charge on any atom is 0.261 e. The normalized spacial score (nSPS) is 14.0. The van der Waals surface area contributed by atoms with Crippen LogP contribution in [0.3, 0.4) is 0 Å². The van der Waals surface area contributed by atoms with Crippen LogP contribution in [0.5, 0.6) is 0 Å². The molecule has 0 unspecified atom stereocenters. The van der Waals surface area contributed by atoms with Crippen molar-refractivity contribution in [2.24, 2.45) is 0 Å². The van der Waals surface area contributed by atoms with Crippen molar-refractivity contribution in [2.75, 3.05) is 36.3 Å². The molecule has 34 heavy (non-hydrogen) atoms. The second-order valence-corrected chi connectivity index (χ2v) is 10.3. The Morgan fingerprint density at radius 2 is 1.76 bits per heavy atom. The van der Waals surface area contributed by atoms with Gasteiger partial charge in [-0.2, -0.15) is 0 Å². The number of hydrogen-bond donors (Lipinski definition) is 2. The van der Waals surface area contributed by atoms with Crippen molar-refractivity contribution in [3.05, 3.63) is 64.9 Å². The molecule has 1 aromatic heterocycles. The van der Waals surface area contributed by atoms with Crippen LogP contribution in [-0.4, -0.2) is 51.4 Å². The van der Waals surface area contributed by atoms with Crippen molar-refractivity contribution in [1.82, 2.24) is 4.90 Å². The molecule has 1 fully saturated rings. The first kappa shape index (κ1) is 23.9. The number of anilines is 2. The van der Waals surface area contributed by atoms with Gasteiger partial charge in [0.1, 0.15) is 0 Å². The van der Waals surface area contributed by atoms with Gasteiger partial charge in [0.05, 0.1) is 30.2 Å². The number of carbonyl (C=O) groups is 2. The van der Waals surface area contributed by atoms with Crippen LogP contribution in [0.1, 0.15) is 12.5 Å². The Morgan fingerprint density at radius 1 is 1.03 bits per heavy atom. The van der Waals surface area contributed by atoms with Gasteiger partial charge in [-0.3, -0.25) is 14.3 Å².